The number of hydrogen-bond donors (Lipinski definition) is 3. The lowest BCUT2D eigenvalue weighted by Crippen LogP contribution is -2.39. The smallest absolute Gasteiger partial charge is 0.410 e. The number of aromatic amines is 2. The van der Waals surface area contributed by atoms with E-state index in [9.17, 15) is 4.79 Å². The van der Waals surface area contributed by atoms with E-state index in [1.54, 1.807) is 11.1 Å². The van der Waals surface area contributed by atoms with Gasteiger partial charge in [0.05, 0.1) is 5.69 Å². The van der Waals surface area contributed by atoms with Crippen molar-refractivity contribution < 1.29 is 9.53 Å². The number of anilines is 2. The van der Waals surface area contributed by atoms with Gasteiger partial charge in [0.2, 0.25) is 0 Å². The fraction of sp³-hybridized carbons (Fsp3) is 0.259. The first-order valence-corrected chi connectivity index (χ1v) is 11.5. The van der Waals surface area contributed by atoms with E-state index in [2.05, 4.69) is 56.7 Å². The van der Waals surface area contributed by atoms with Crippen LogP contribution in [0.4, 0.5) is 16.2 Å². The molecule has 4 heterocycles. The number of nitrogens with zero attached hydrogens (tertiary/aromatic N) is 2. The number of ether oxygens (including phenoxy) is 1. The van der Waals surface area contributed by atoms with Gasteiger partial charge in [-0.1, -0.05) is 18.2 Å². The maximum absolute atomic E-state index is 12.4. The molecular weight excluding hydrogens is 426 g/mol. The third-order valence-corrected chi connectivity index (χ3v) is 5.79. The van der Waals surface area contributed by atoms with Gasteiger partial charge in [0.1, 0.15) is 11.2 Å². The molecular formula is C27H29N5O2. The summed E-state index contributed by atoms with van der Waals surface area (Å²) in [6.07, 6.45) is 6.31. The van der Waals surface area contributed by atoms with Gasteiger partial charge in [-0.25, -0.2) is 9.78 Å². The summed E-state index contributed by atoms with van der Waals surface area (Å²) in [6.45, 7) is 6.81. The number of fused-ring (bicyclic) bond motifs is 1. The van der Waals surface area contributed by atoms with E-state index in [0.29, 0.717) is 13.1 Å². The summed E-state index contributed by atoms with van der Waals surface area (Å²) in [5.74, 6) is 0. The zero-order valence-electron chi connectivity index (χ0n) is 19.7. The van der Waals surface area contributed by atoms with Crippen LogP contribution in [0, 0.1) is 0 Å². The number of pyridine rings is 1. The lowest BCUT2D eigenvalue weighted by Gasteiger charge is -2.29. The second-order valence-electron chi connectivity index (χ2n) is 9.50. The van der Waals surface area contributed by atoms with Gasteiger partial charge >= 0.3 is 6.09 Å². The van der Waals surface area contributed by atoms with Gasteiger partial charge in [0.25, 0.3) is 0 Å². The number of rotatable bonds is 4. The van der Waals surface area contributed by atoms with E-state index in [4.69, 9.17) is 4.74 Å². The lowest BCUT2D eigenvalue weighted by atomic mass is 10.0. The number of aromatic nitrogens is 3. The predicted molar refractivity (Wildman–Crippen MR) is 136 cm³/mol. The van der Waals surface area contributed by atoms with Crippen LogP contribution in [0.15, 0.2) is 67.0 Å². The van der Waals surface area contributed by atoms with Gasteiger partial charge in [-0.2, -0.15) is 0 Å². The van der Waals surface area contributed by atoms with E-state index in [1.165, 1.54) is 5.57 Å². The molecule has 7 nitrogen and oxygen atoms in total. The molecule has 0 radical (unpaired) electrons. The van der Waals surface area contributed by atoms with Crippen LogP contribution in [0.3, 0.4) is 0 Å². The second kappa shape index (κ2) is 8.74. The van der Waals surface area contributed by atoms with E-state index in [1.807, 2.05) is 45.2 Å². The van der Waals surface area contributed by atoms with Gasteiger partial charge in [-0.05, 0) is 74.7 Å². The lowest BCUT2D eigenvalue weighted by molar-refractivity contribution is 0.0270. The van der Waals surface area contributed by atoms with Crippen LogP contribution in [0.25, 0.3) is 27.9 Å². The zero-order valence-corrected chi connectivity index (χ0v) is 19.7. The summed E-state index contributed by atoms with van der Waals surface area (Å²) in [5.41, 5.74) is 6.74. The van der Waals surface area contributed by atoms with Gasteiger partial charge in [0.15, 0.2) is 0 Å². The fourth-order valence-corrected chi connectivity index (χ4v) is 4.14. The third-order valence-electron chi connectivity index (χ3n) is 5.79. The third kappa shape index (κ3) is 4.69. The van der Waals surface area contributed by atoms with E-state index < -0.39 is 5.60 Å². The van der Waals surface area contributed by atoms with Crippen LogP contribution >= 0.6 is 0 Å². The Hall–Kier alpha value is -4.00. The normalized spacial score (nSPS) is 14.2. The van der Waals surface area contributed by atoms with Gasteiger partial charge < -0.3 is 24.9 Å². The molecule has 0 saturated heterocycles. The van der Waals surface area contributed by atoms with E-state index in [-0.39, 0.29) is 6.09 Å². The number of nitrogens with one attached hydrogen (secondary N) is 3. The highest BCUT2D eigenvalue weighted by Crippen LogP contribution is 2.31. The number of carbonyl (C=O) groups excluding carboxylic acids is 1. The standard InChI is InChI=1S/C27H29N5O2/c1-27(2,3)34-26(33)32-14-10-18(11-15-32)24-17-21-23(9-13-29-25(21)31-24)30-20-7-4-6-19(16-20)22-8-5-12-28-22/h4-10,12-13,16-17,28H,11,14-15H2,1-3H3,(H2,29,30,31). The Morgan fingerprint density at radius 2 is 2.00 bits per heavy atom. The fourth-order valence-electron chi connectivity index (χ4n) is 4.14. The van der Waals surface area contributed by atoms with Crippen molar-refractivity contribution in [2.45, 2.75) is 32.8 Å². The van der Waals surface area contributed by atoms with Gasteiger partial charge in [-0.3, -0.25) is 0 Å². The highest BCUT2D eigenvalue weighted by Gasteiger charge is 2.24. The number of carbonyl (C=O) groups is 1. The molecule has 1 aliphatic rings. The van der Waals surface area contributed by atoms with Crippen molar-refractivity contribution in [3.63, 3.8) is 0 Å². The Balaban J connectivity index is 1.36. The highest BCUT2D eigenvalue weighted by molar-refractivity contribution is 5.94. The van der Waals surface area contributed by atoms with Gasteiger partial charge in [-0.15, -0.1) is 0 Å². The largest absolute Gasteiger partial charge is 0.444 e. The molecule has 1 amide bonds. The van der Waals surface area contributed by atoms with Crippen molar-refractivity contribution in [3.05, 3.63) is 72.7 Å². The van der Waals surface area contributed by atoms with Crippen LogP contribution in [0.2, 0.25) is 0 Å². The zero-order chi connectivity index (χ0) is 23.7. The Labute approximate surface area is 198 Å². The topological polar surface area (TPSA) is 86.0 Å². The molecule has 0 fully saturated rings. The maximum Gasteiger partial charge on any atom is 0.410 e. The SMILES string of the molecule is CC(C)(C)OC(=O)N1CC=C(c2cc3c(Nc4cccc(-c5ccc[nH]5)c4)ccnc3[nH]2)CC1. The summed E-state index contributed by atoms with van der Waals surface area (Å²) < 4.78 is 5.50. The Bertz CT molecular complexity index is 1350. The second-order valence-corrected chi connectivity index (χ2v) is 9.50. The van der Waals surface area contributed by atoms with E-state index >= 15 is 0 Å². The van der Waals surface area contributed by atoms with E-state index in [0.717, 1.165) is 45.8 Å². The minimum atomic E-state index is -0.492. The molecule has 1 aliphatic heterocycles. The molecule has 4 aromatic rings. The molecule has 0 atom stereocenters. The predicted octanol–water partition coefficient (Wildman–Crippen LogP) is 6.33. The summed E-state index contributed by atoms with van der Waals surface area (Å²) in [6, 6.07) is 16.5. The molecule has 1 aromatic carbocycles. The first-order chi connectivity index (χ1) is 16.4. The molecule has 3 aromatic heterocycles. The number of H-pyrrole nitrogens is 2. The average Bonchev–Trinajstić information content (AvgIpc) is 3.49. The number of hydrogen-bond acceptors (Lipinski definition) is 4. The van der Waals surface area contributed by atoms with Crippen LogP contribution in [-0.2, 0) is 4.74 Å². The van der Waals surface area contributed by atoms with Crippen LogP contribution in [0.1, 0.15) is 32.9 Å². The molecule has 5 rings (SSSR count). The Morgan fingerprint density at radius 1 is 1.12 bits per heavy atom. The molecule has 0 bridgehead atoms. The molecule has 0 aliphatic carbocycles. The summed E-state index contributed by atoms with van der Waals surface area (Å²) in [7, 11) is 0. The summed E-state index contributed by atoms with van der Waals surface area (Å²) in [4.78, 5) is 25.3. The quantitative estimate of drug-likeness (QED) is 0.336. The molecule has 174 valence electrons. The van der Waals surface area contributed by atoms with Crippen molar-refractivity contribution in [2.75, 3.05) is 18.4 Å². The first-order valence-electron chi connectivity index (χ1n) is 11.5. The van der Waals surface area contributed by atoms with Crippen molar-refractivity contribution in [1.82, 2.24) is 19.9 Å². The highest BCUT2D eigenvalue weighted by atomic mass is 16.6. The Morgan fingerprint density at radius 3 is 2.74 bits per heavy atom. The number of benzene rings is 1. The van der Waals surface area contributed by atoms with Crippen molar-refractivity contribution in [3.8, 4) is 11.3 Å². The molecule has 3 N–H and O–H groups in total. The van der Waals surface area contributed by atoms with Crippen LogP contribution in [0.5, 0.6) is 0 Å². The molecule has 34 heavy (non-hydrogen) atoms. The van der Waals surface area contributed by atoms with Crippen molar-refractivity contribution in [2.24, 2.45) is 0 Å². The summed E-state index contributed by atoms with van der Waals surface area (Å²) >= 11 is 0. The van der Waals surface area contributed by atoms with Crippen molar-refractivity contribution in [1.29, 1.82) is 0 Å². The minimum absolute atomic E-state index is 0.269. The average molecular weight is 456 g/mol. The van der Waals surface area contributed by atoms with Crippen molar-refractivity contribution >= 4 is 34.1 Å². The summed E-state index contributed by atoms with van der Waals surface area (Å²) in [5, 5.41) is 4.57. The first kappa shape index (κ1) is 21.8. The monoisotopic (exact) mass is 455 g/mol. The molecule has 7 heteroatoms. The molecule has 0 spiro atoms. The van der Waals surface area contributed by atoms with Crippen LogP contribution in [-0.4, -0.2) is 44.6 Å². The molecule has 0 unspecified atom stereocenters. The Kier molecular flexibility index (Phi) is 5.61. The maximum atomic E-state index is 12.4. The number of amides is 1. The van der Waals surface area contributed by atoms with Crippen LogP contribution < -0.4 is 5.32 Å². The minimum Gasteiger partial charge on any atom is -0.444 e. The van der Waals surface area contributed by atoms with Gasteiger partial charge in [0, 0.05) is 47.9 Å². The molecule has 0 saturated carbocycles.